The Morgan fingerprint density at radius 3 is 1.59 bits per heavy atom. The second-order valence-corrected chi connectivity index (χ2v) is 11.3. The van der Waals surface area contributed by atoms with E-state index in [1.54, 1.807) is 36.1 Å². The molecule has 1 aliphatic heterocycles. The van der Waals surface area contributed by atoms with Gasteiger partial charge in [-0.05, 0) is 42.0 Å². The highest BCUT2D eigenvalue weighted by atomic mass is 32.2. The number of hydrogen-bond donors (Lipinski definition) is 0. The smallest absolute Gasteiger partial charge is 0.101 e. The molecule has 4 aromatic carbocycles. The molecule has 4 heterocycles. The minimum absolute atomic E-state index is 0.826. The number of hydrogen-bond acceptors (Lipinski definition) is 7. The first-order valence-corrected chi connectivity index (χ1v) is 14.2. The Kier molecular flexibility index (Phi) is 5.17. The molecule has 0 bridgehead atoms. The van der Waals surface area contributed by atoms with E-state index in [1.807, 2.05) is 30.0 Å². The molecule has 8 rings (SSSR count). The summed E-state index contributed by atoms with van der Waals surface area (Å²) in [6.07, 6.45) is 7.01. The lowest BCUT2D eigenvalue weighted by Gasteiger charge is -2.31. The summed E-state index contributed by atoms with van der Waals surface area (Å²) in [6.45, 7) is 0. The molecule has 7 heteroatoms. The van der Waals surface area contributed by atoms with E-state index in [9.17, 15) is 0 Å². The fraction of sp³-hybridized carbons (Fsp3) is 0. The Morgan fingerprint density at radius 2 is 1.00 bits per heavy atom. The van der Waals surface area contributed by atoms with Gasteiger partial charge in [-0.25, -0.2) is 0 Å². The van der Waals surface area contributed by atoms with Crippen molar-refractivity contribution in [3.05, 3.63) is 116 Å². The molecule has 0 saturated carbocycles. The Hall–Kier alpha value is -4.59. The molecule has 39 heavy (non-hydrogen) atoms. The highest BCUT2D eigenvalue weighted by molar-refractivity contribution is 7.99. The Labute approximate surface area is 232 Å². The zero-order valence-electron chi connectivity index (χ0n) is 20.5. The van der Waals surface area contributed by atoms with Crippen molar-refractivity contribution in [2.24, 2.45) is 0 Å². The SMILES string of the molecule is c1ccc(-c2c3nccnc3c(-c3ccc(N4c5ccccc5Sc5ccccc54)s3)c3nccnc23)cc1. The predicted octanol–water partition coefficient (Wildman–Crippen LogP) is 8.90. The maximum atomic E-state index is 4.85. The van der Waals surface area contributed by atoms with Crippen LogP contribution in [0.3, 0.4) is 0 Å². The Balaban J connectivity index is 1.38. The van der Waals surface area contributed by atoms with Crippen LogP contribution in [0.1, 0.15) is 0 Å². The van der Waals surface area contributed by atoms with Crippen molar-refractivity contribution in [1.29, 1.82) is 0 Å². The van der Waals surface area contributed by atoms with Crippen LogP contribution in [0.25, 0.3) is 43.6 Å². The molecule has 5 nitrogen and oxygen atoms in total. The molecule has 1 aliphatic rings. The van der Waals surface area contributed by atoms with Gasteiger partial charge in [0.25, 0.3) is 0 Å². The van der Waals surface area contributed by atoms with Gasteiger partial charge in [0, 0.05) is 50.6 Å². The summed E-state index contributed by atoms with van der Waals surface area (Å²) in [5.74, 6) is 0. The minimum atomic E-state index is 0.826. The van der Waals surface area contributed by atoms with E-state index in [1.165, 1.54) is 21.2 Å². The third-order valence-electron chi connectivity index (χ3n) is 6.90. The van der Waals surface area contributed by atoms with Crippen molar-refractivity contribution in [1.82, 2.24) is 19.9 Å². The van der Waals surface area contributed by atoms with Gasteiger partial charge in [0.05, 0.1) is 22.4 Å². The molecule has 7 aromatic rings. The van der Waals surface area contributed by atoms with E-state index in [0.29, 0.717) is 0 Å². The summed E-state index contributed by atoms with van der Waals surface area (Å²) in [5.41, 5.74) is 8.64. The van der Waals surface area contributed by atoms with Gasteiger partial charge in [-0.3, -0.25) is 24.8 Å². The molecule has 0 saturated heterocycles. The number of benzene rings is 4. The van der Waals surface area contributed by atoms with E-state index in [0.717, 1.165) is 48.6 Å². The number of nitrogens with zero attached hydrogens (tertiary/aromatic N) is 5. The third-order valence-corrected chi connectivity index (χ3v) is 9.12. The molecule has 0 N–H and O–H groups in total. The molecule has 3 aromatic heterocycles. The maximum absolute atomic E-state index is 4.85. The van der Waals surface area contributed by atoms with Gasteiger partial charge in [-0.2, -0.15) is 0 Å². The molecule has 0 spiro atoms. The van der Waals surface area contributed by atoms with Crippen LogP contribution < -0.4 is 4.90 Å². The van der Waals surface area contributed by atoms with Crippen LogP contribution in [0.15, 0.2) is 126 Å². The van der Waals surface area contributed by atoms with Crippen LogP contribution in [-0.2, 0) is 0 Å². The predicted molar refractivity (Wildman–Crippen MR) is 160 cm³/mol. The molecule has 0 atom stereocenters. The topological polar surface area (TPSA) is 54.8 Å². The lowest BCUT2D eigenvalue weighted by atomic mass is 9.97. The van der Waals surface area contributed by atoms with Crippen LogP contribution in [0.2, 0.25) is 0 Å². The van der Waals surface area contributed by atoms with E-state index < -0.39 is 0 Å². The largest absolute Gasteiger partial charge is 0.300 e. The van der Waals surface area contributed by atoms with Crippen molar-refractivity contribution >= 4 is 61.5 Å². The zero-order valence-corrected chi connectivity index (χ0v) is 22.2. The van der Waals surface area contributed by atoms with Gasteiger partial charge < -0.3 is 0 Å². The van der Waals surface area contributed by atoms with E-state index in [4.69, 9.17) is 19.9 Å². The molecule has 0 fully saturated rings. The van der Waals surface area contributed by atoms with Gasteiger partial charge in [-0.1, -0.05) is 66.4 Å². The Morgan fingerprint density at radius 1 is 0.487 bits per heavy atom. The number of rotatable bonds is 3. The van der Waals surface area contributed by atoms with Crippen molar-refractivity contribution in [3.8, 4) is 21.6 Å². The normalized spacial score (nSPS) is 12.5. The molecule has 184 valence electrons. The second kappa shape index (κ2) is 9.01. The average Bonchev–Trinajstić information content (AvgIpc) is 3.48. The van der Waals surface area contributed by atoms with Gasteiger partial charge in [0.15, 0.2) is 0 Å². The molecular weight excluding hydrogens is 519 g/mol. The standard InChI is InChI=1S/C32H19N5S2/c1-2-8-20(9-3-1)27-29-31(35-18-16-33-29)28(32-30(27)34-17-19-36-32)25-14-15-26(39-25)37-21-10-4-6-12-23(21)38-24-13-7-5-11-22(24)37/h1-19H. The van der Waals surface area contributed by atoms with Gasteiger partial charge in [0.2, 0.25) is 0 Å². The number of anilines is 3. The lowest BCUT2D eigenvalue weighted by Crippen LogP contribution is -2.13. The first-order valence-electron chi connectivity index (χ1n) is 12.6. The Bertz CT molecular complexity index is 1920. The number of aromatic nitrogens is 4. The van der Waals surface area contributed by atoms with E-state index >= 15 is 0 Å². The molecule has 0 aliphatic carbocycles. The maximum Gasteiger partial charge on any atom is 0.101 e. The van der Waals surface area contributed by atoms with Crippen LogP contribution >= 0.6 is 23.1 Å². The number of para-hydroxylation sites is 2. The average molecular weight is 538 g/mol. The summed E-state index contributed by atoms with van der Waals surface area (Å²) in [5, 5.41) is 1.13. The monoisotopic (exact) mass is 537 g/mol. The number of fused-ring (bicyclic) bond motifs is 4. The minimum Gasteiger partial charge on any atom is -0.300 e. The van der Waals surface area contributed by atoms with Crippen LogP contribution in [0, 0.1) is 0 Å². The second-order valence-electron chi connectivity index (χ2n) is 9.13. The third kappa shape index (κ3) is 3.55. The summed E-state index contributed by atoms with van der Waals surface area (Å²) < 4.78 is 0. The van der Waals surface area contributed by atoms with Crippen LogP contribution in [-0.4, -0.2) is 19.9 Å². The summed E-state index contributed by atoms with van der Waals surface area (Å²) in [7, 11) is 0. The van der Waals surface area contributed by atoms with Crippen molar-refractivity contribution < 1.29 is 0 Å². The zero-order chi connectivity index (χ0) is 25.8. The van der Waals surface area contributed by atoms with E-state index in [2.05, 4.69) is 77.7 Å². The summed E-state index contributed by atoms with van der Waals surface area (Å²) in [4.78, 5) is 25.2. The van der Waals surface area contributed by atoms with Crippen LogP contribution in [0.4, 0.5) is 16.4 Å². The van der Waals surface area contributed by atoms with E-state index in [-0.39, 0.29) is 0 Å². The van der Waals surface area contributed by atoms with Crippen molar-refractivity contribution in [3.63, 3.8) is 0 Å². The summed E-state index contributed by atoms with van der Waals surface area (Å²) >= 11 is 3.55. The molecule has 0 radical (unpaired) electrons. The van der Waals surface area contributed by atoms with Crippen molar-refractivity contribution in [2.45, 2.75) is 9.79 Å². The highest BCUT2D eigenvalue weighted by Gasteiger charge is 2.27. The summed E-state index contributed by atoms with van der Waals surface area (Å²) in [6, 6.07) is 31.8. The molecule has 0 amide bonds. The first kappa shape index (κ1) is 22.4. The van der Waals surface area contributed by atoms with Crippen LogP contribution in [0.5, 0.6) is 0 Å². The van der Waals surface area contributed by atoms with Gasteiger partial charge >= 0.3 is 0 Å². The van der Waals surface area contributed by atoms with Gasteiger partial charge in [-0.15, -0.1) is 11.3 Å². The molecular formula is C32H19N5S2. The van der Waals surface area contributed by atoms with Crippen molar-refractivity contribution in [2.75, 3.05) is 4.90 Å². The quantitative estimate of drug-likeness (QED) is 0.210. The lowest BCUT2D eigenvalue weighted by molar-refractivity contribution is 1.18. The highest BCUT2D eigenvalue weighted by Crippen LogP contribution is 2.53. The van der Waals surface area contributed by atoms with Gasteiger partial charge in [0.1, 0.15) is 16.0 Å². The number of thiophene rings is 1. The fourth-order valence-electron chi connectivity index (χ4n) is 5.27. The first-order chi connectivity index (χ1) is 19.4. The molecule has 0 unspecified atom stereocenters. The fourth-order valence-corrected chi connectivity index (χ4v) is 7.41.